The fourth-order valence-electron chi connectivity index (χ4n) is 2.51. The largest absolute Gasteiger partial charge is 0.443 e. The maximum absolute atomic E-state index is 11.9. The van der Waals surface area contributed by atoms with Crippen molar-refractivity contribution in [3.05, 3.63) is 0 Å². The van der Waals surface area contributed by atoms with E-state index in [0.29, 0.717) is 12.5 Å². The Balaban J connectivity index is 2.01. The number of piperidine rings is 1. The second kappa shape index (κ2) is 2.99. The summed E-state index contributed by atoms with van der Waals surface area (Å²) in [5, 5.41) is 0. The van der Waals surface area contributed by atoms with Crippen LogP contribution in [0.2, 0.25) is 0 Å². The number of rotatable bonds is 0. The number of carbonyl (C=O) groups is 2. The van der Waals surface area contributed by atoms with Gasteiger partial charge in [0.15, 0.2) is 0 Å². The lowest BCUT2D eigenvalue weighted by atomic mass is 10.1. The molecule has 16 heavy (non-hydrogen) atoms. The Morgan fingerprint density at radius 1 is 1.44 bits per heavy atom. The van der Waals surface area contributed by atoms with Gasteiger partial charge >= 0.3 is 6.09 Å². The van der Waals surface area contributed by atoms with Gasteiger partial charge in [0.05, 0.1) is 0 Å². The number of ether oxygens (including phenoxy) is 1. The highest BCUT2D eigenvalue weighted by atomic mass is 16.6. The van der Waals surface area contributed by atoms with Crippen molar-refractivity contribution in [2.75, 3.05) is 6.54 Å². The third-order valence-corrected chi connectivity index (χ3v) is 3.58. The molecule has 1 saturated carbocycles. The van der Waals surface area contributed by atoms with Gasteiger partial charge in [-0.25, -0.2) is 9.69 Å². The molecule has 2 aliphatic rings. The van der Waals surface area contributed by atoms with E-state index in [0.717, 1.165) is 0 Å². The third kappa shape index (κ3) is 1.60. The summed E-state index contributed by atoms with van der Waals surface area (Å²) in [5.74, 6) is 0.289. The summed E-state index contributed by atoms with van der Waals surface area (Å²) in [4.78, 5) is 24.9. The fraction of sp³-hybridized carbons (Fsp3) is 0.833. The molecule has 90 valence electrons. The van der Waals surface area contributed by atoms with Crippen molar-refractivity contribution < 1.29 is 14.3 Å². The van der Waals surface area contributed by atoms with Gasteiger partial charge in [0, 0.05) is 12.5 Å². The van der Waals surface area contributed by atoms with E-state index < -0.39 is 11.7 Å². The molecule has 0 spiro atoms. The van der Waals surface area contributed by atoms with Gasteiger partial charge in [-0.3, -0.25) is 4.79 Å². The minimum atomic E-state index is -0.542. The summed E-state index contributed by atoms with van der Waals surface area (Å²) >= 11 is 0. The highest BCUT2D eigenvalue weighted by Crippen LogP contribution is 2.62. The molecule has 2 atom stereocenters. The molecule has 2 amide bonds. The summed E-state index contributed by atoms with van der Waals surface area (Å²) in [6.07, 6.45) is -0.500. The Bertz CT molecular complexity index is 354. The summed E-state index contributed by atoms with van der Waals surface area (Å²) < 4.78 is 5.20. The molecule has 2 fully saturated rings. The predicted molar refractivity (Wildman–Crippen MR) is 58.7 cm³/mol. The maximum atomic E-state index is 11.9. The maximum Gasteiger partial charge on any atom is 0.417 e. The summed E-state index contributed by atoms with van der Waals surface area (Å²) in [5.41, 5.74) is -0.463. The molecule has 1 heterocycles. The standard InChI is InChI=1S/C12H19NO3/c1-11(2,3)16-10(15)13-6-7-8(9(13)14)12(7,4)5/h7-8H,6H2,1-5H3. The highest BCUT2D eigenvalue weighted by molar-refractivity contribution is 5.98. The predicted octanol–water partition coefficient (Wildman–Crippen LogP) is 2.04. The lowest BCUT2D eigenvalue weighted by Gasteiger charge is -2.25. The quantitative estimate of drug-likeness (QED) is 0.633. The van der Waals surface area contributed by atoms with Crippen LogP contribution in [0.25, 0.3) is 0 Å². The molecule has 1 aliphatic heterocycles. The van der Waals surface area contributed by atoms with Gasteiger partial charge in [-0.2, -0.15) is 0 Å². The number of likely N-dealkylation sites (tertiary alicyclic amines) is 1. The van der Waals surface area contributed by atoms with E-state index in [9.17, 15) is 9.59 Å². The highest BCUT2D eigenvalue weighted by Gasteiger charge is 2.68. The minimum Gasteiger partial charge on any atom is -0.443 e. The average molecular weight is 225 g/mol. The van der Waals surface area contributed by atoms with Crippen LogP contribution < -0.4 is 0 Å². The van der Waals surface area contributed by atoms with Crippen LogP contribution in [0.1, 0.15) is 34.6 Å². The minimum absolute atomic E-state index is 0.0278. The first-order chi connectivity index (χ1) is 7.14. The van der Waals surface area contributed by atoms with Gasteiger partial charge < -0.3 is 4.74 Å². The van der Waals surface area contributed by atoms with Gasteiger partial charge in [0.1, 0.15) is 5.60 Å². The molecule has 0 aromatic heterocycles. The number of hydrogen-bond donors (Lipinski definition) is 0. The van der Waals surface area contributed by atoms with E-state index >= 15 is 0 Å². The SMILES string of the molecule is CC(C)(C)OC(=O)N1CC2C(C1=O)C2(C)C. The van der Waals surface area contributed by atoms with Crippen LogP contribution >= 0.6 is 0 Å². The third-order valence-electron chi connectivity index (χ3n) is 3.58. The molecule has 2 unspecified atom stereocenters. The van der Waals surface area contributed by atoms with Crippen LogP contribution in [-0.4, -0.2) is 29.0 Å². The Hall–Kier alpha value is -1.06. The second-order valence-corrected chi connectivity index (χ2v) is 6.33. The van der Waals surface area contributed by atoms with Gasteiger partial charge in [0.25, 0.3) is 0 Å². The number of amides is 2. The summed E-state index contributed by atoms with van der Waals surface area (Å²) in [7, 11) is 0. The van der Waals surface area contributed by atoms with Crippen LogP contribution in [0.5, 0.6) is 0 Å². The number of nitrogens with zero attached hydrogens (tertiary/aromatic N) is 1. The van der Waals surface area contributed by atoms with E-state index in [2.05, 4.69) is 13.8 Å². The number of carbonyl (C=O) groups excluding carboxylic acids is 2. The molecular weight excluding hydrogens is 206 g/mol. The first-order valence-corrected chi connectivity index (χ1v) is 5.69. The molecule has 0 aromatic rings. The van der Waals surface area contributed by atoms with E-state index in [-0.39, 0.29) is 17.2 Å². The topological polar surface area (TPSA) is 46.6 Å². The zero-order valence-electron chi connectivity index (χ0n) is 10.5. The normalized spacial score (nSPS) is 31.3. The van der Waals surface area contributed by atoms with Crippen LogP contribution in [0, 0.1) is 17.3 Å². The molecular formula is C12H19NO3. The molecule has 4 nitrogen and oxygen atoms in total. The van der Waals surface area contributed by atoms with Crippen LogP contribution in [0.3, 0.4) is 0 Å². The molecule has 0 radical (unpaired) electrons. The second-order valence-electron chi connectivity index (χ2n) is 6.33. The van der Waals surface area contributed by atoms with Crippen molar-refractivity contribution in [1.82, 2.24) is 4.90 Å². The van der Waals surface area contributed by atoms with E-state index in [1.54, 1.807) is 20.8 Å². The van der Waals surface area contributed by atoms with Crippen molar-refractivity contribution in [2.24, 2.45) is 17.3 Å². The van der Waals surface area contributed by atoms with Crippen molar-refractivity contribution in [3.8, 4) is 0 Å². The van der Waals surface area contributed by atoms with Crippen molar-refractivity contribution in [3.63, 3.8) is 0 Å². The van der Waals surface area contributed by atoms with Gasteiger partial charge in [-0.15, -0.1) is 0 Å². The van der Waals surface area contributed by atoms with Crippen LogP contribution in [0.15, 0.2) is 0 Å². The monoisotopic (exact) mass is 225 g/mol. The molecule has 2 rings (SSSR count). The summed E-state index contributed by atoms with van der Waals surface area (Å²) in [6, 6.07) is 0. The molecule has 1 saturated heterocycles. The van der Waals surface area contributed by atoms with Crippen molar-refractivity contribution in [2.45, 2.75) is 40.2 Å². The fourth-order valence-corrected chi connectivity index (χ4v) is 2.51. The Morgan fingerprint density at radius 2 is 2.00 bits per heavy atom. The first-order valence-electron chi connectivity index (χ1n) is 5.69. The van der Waals surface area contributed by atoms with Crippen molar-refractivity contribution >= 4 is 12.0 Å². The molecule has 1 aliphatic carbocycles. The molecule has 0 aromatic carbocycles. The van der Waals surface area contributed by atoms with E-state index in [1.165, 1.54) is 4.90 Å². The van der Waals surface area contributed by atoms with Gasteiger partial charge in [0.2, 0.25) is 5.91 Å². The average Bonchev–Trinajstić information content (AvgIpc) is 2.45. The number of fused-ring (bicyclic) bond motifs is 1. The van der Waals surface area contributed by atoms with Gasteiger partial charge in [-0.05, 0) is 32.1 Å². The van der Waals surface area contributed by atoms with E-state index in [4.69, 9.17) is 4.74 Å². The molecule has 4 heteroatoms. The lowest BCUT2D eigenvalue weighted by Crippen LogP contribution is -2.40. The molecule has 0 N–H and O–H groups in total. The van der Waals surface area contributed by atoms with Gasteiger partial charge in [-0.1, -0.05) is 13.8 Å². The number of hydrogen-bond acceptors (Lipinski definition) is 3. The lowest BCUT2D eigenvalue weighted by molar-refractivity contribution is -0.130. The Labute approximate surface area is 95.9 Å². The Morgan fingerprint density at radius 3 is 2.38 bits per heavy atom. The van der Waals surface area contributed by atoms with Crippen LogP contribution in [0.4, 0.5) is 4.79 Å². The zero-order valence-corrected chi connectivity index (χ0v) is 10.5. The zero-order chi connectivity index (χ0) is 12.3. The number of imide groups is 1. The first kappa shape index (κ1) is 11.4. The molecule has 0 bridgehead atoms. The summed E-state index contributed by atoms with van der Waals surface area (Å²) in [6.45, 7) is 10.1. The smallest absolute Gasteiger partial charge is 0.417 e. The van der Waals surface area contributed by atoms with Crippen LogP contribution in [-0.2, 0) is 9.53 Å². The Kier molecular flexibility index (Phi) is 2.14. The van der Waals surface area contributed by atoms with E-state index in [1.807, 2.05) is 0 Å². The van der Waals surface area contributed by atoms with Crippen molar-refractivity contribution in [1.29, 1.82) is 0 Å².